The van der Waals surface area contributed by atoms with Gasteiger partial charge in [0.05, 0.1) is 21.4 Å². The molecule has 0 atom stereocenters. The molecule has 92 valence electrons. The molecule has 0 aliphatic heterocycles. The lowest BCUT2D eigenvalue weighted by Crippen LogP contribution is -1.86. The molecular weight excluding hydrogens is 276 g/mol. The Hall–Kier alpha value is -1.65. The summed E-state index contributed by atoms with van der Waals surface area (Å²) >= 11 is 11.6. The third-order valence-electron chi connectivity index (χ3n) is 2.07. The van der Waals surface area contributed by atoms with Gasteiger partial charge in [-0.3, -0.25) is 5.43 Å². The van der Waals surface area contributed by atoms with Gasteiger partial charge in [-0.05, 0) is 36.4 Å². The molecule has 3 nitrogen and oxygen atoms in total. The van der Waals surface area contributed by atoms with Crippen molar-refractivity contribution < 1.29 is 4.39 Å². The minimum Gasteiger partial charge on any atom is -0.260 e. The van der Waals surface area contributed by atoms with Gasteiger partial charge in [0.2, 0.25) is 0 Å². The molecule has 18 heavy (non-hydrogen) atoms. The van der Waals surface area contributed by atoms with Crippen LogP contribution in [0.4, 0.5) is 15.8 Å². The maximum atomic E-state index is 12.9. The fourth-order valence-electron chi connectivity index (χ4n) is 1.25. The predicted molar refractivity (Wildman–Crippen MR) is 71.0 cm³/mol. The maximum Gasteiger partial charge on any atom is 0.125 e. The summed E-state index contributed by atoms with van der Waals surface area (Å²) < 4.78 is 12.9. The minimum absolute atomic E-state index is 0.343. The number of hydrogen-bond acceptors (Lipinski definition) is 2. The highest BCUT2D eigenvalue weighted by molar-refractivity contribution is 6.42. The molecule has 2 aromatic rings. The van der Waals surface area contributed by atoms with Crippen molar-refractivity contribution in [2.45, 2.75) is 0 Å². The number of anilines is 1. The van der Waals surface area contributed by atoms with Crippen LogP contribution < -0.4 is 5.43 Å². The second-order valence-electron chi connectivity index (χ2n) is 3.42. The number of nitrogens with one attached hydrogen (secondary N) is 1. The number of benzene rings is 2. The SMILES string of the molecule is Fc1cccc(NN=Nc2ccc(Cl)c(Cl)c2)c1. The van der Waals surface area contributed by atoms with E-state index in [1.165, 1.54) is 12.1 Å². The van der Waals surface area contributed by atoms with Crippen molar-refractivity contribution in [3.05, 3.63) is 58.3 Å². The third-order valence-corrected chi connectivity index (χ3v) is 2.81. The molecule has 0 bridgehead atoms. The van der Waals surface area contributed by atoms with Crippen molar-refractivity contribution in [2.75, 3.05) is 5.43 Å². The van der Waals surface area contributed by atoms with E-state index >= 15 is 0 Å². The van der Waals surface area contributed by atoms with Gasteiger partial charge in [0.1, 0.15) is 5.82 Å². The molecule has 0 heterocycles. The van der Waals surface area contributed by atoms with Gasteiger partial charge in [-0.25, -0.2) is 4.39 Å². The minimum atomic E-state index is -0.343. The molecule has 0 spiro atoms. The van der Waals surface area contributed by atoms with Crippen molar-refractivity contribution in [3.63, 3.8) is 0 Å². The van der Waals surface area contributed by atoms with Crippen LogP contribution in [0, 0.1) is 5.82 Å². The summed E-state index contributed by atoms with van der Waals surface area (Å²) in [5.74, 6) is -0.343. The molecule has 0 aromatic heterocycles. The Bertz CT molecular complexity index is 587. The first-order valence-electron chi connectivity index (χ1n) is 5.02. The summed E-state index contributed by atoms with van der Waals surface area (Å²) in [5.41, 5.74) is 3.67. The van der Waals surface area contributed by atoms with Crippen molar-refractivity contribution in [1.29, 1.82) is 0 Å². The standard InChI is InChI=1S/C12H8Cl2FN3/c13-11-5-4-10(7-12(11)14)17-18-16-9-3-1-2-8(15)6-9/h1-7H,(H,16,17). The Labute approximate surface area is 113 Å². The quantitative estimate of drug-likeness (QED) is 0.607. The van der Waals surface area contributed by atoms with Gasteiger partial charge in [0.25, 0.3) is 0 Å². The zero-order chi connectivity index (χ0) is 13.0. The van der Waals surface area contributed by atoms with E-state index in [9.17, 15) is 4.39 Å². The van der Waals surface area contributed by atoms with Crippen molar-refractivity contribution in [2.24, 2.45) is 10.3 Å². The fraction of sp³-hybridized carbons (Fsp3) is 0. The zero-order valence-corrected chi connectivity index (χ0v) is 10.6. The summed E-state index contributed by atoms with van der Waals surface area (Å²) in [6, 6.07) is 10.8. The third kappa shape index (κ3) is 3.42. The highest BCUT2D eigenvalue weighted by atomic mass is 35.5. The lowest BCUT2D eigenvalue weighted by molar-refractivity contribution is 0.628. The summed E-state index contributed by atoms with van der Waals surface area (Å²) in [6.45, 7) is 0. The van der Waals surface area contributed by atoms with E-state index < -0.39 is 0 Å². The largest absolute Gasteiger partial charge is 0.260 e. The number of nitrogens with zero attached hydrogens (tertiary/aromatic N) is 2. The highest BCUT2D eigenvalue weighted by Crippen LogP contribution is 2.26. The number of hydrogen-bond donors (Lipinski definition) is 1. The van der Waals surface area contributed by atoms with Crippen LogP contribution in [0.3, 0.4) is 0 Å². The summed E-state index contributed by atoms with van der Waals surface area (Å²) in [6.07, 6.45) is 0. The van der Waals surface area contributed by atoms with Gasteiger partial charge in [0, 0.05) is 0 Å². The lowest BCUT2D eigenvalue weighted by Gasteiger charge is -1.99. The van der Waals surface area contributed by atoms with Crippen LogP contribution in [0.2, 0.25) is 10.0 Å². The lowest BCUT2D eigenvalue weighted by atomic mass is 10.3. The molecule has 0 radical (unpaired) electrons. The van der Waals surface area contributed by atoms with Gasteiger partial charge in [-0.15, -0.1) is 5.11 Å². The van der Waals surface area contributed by atoms with E-state index in [2.05, 4.69) is 15.8 Å². The molecular formula is C12H8Cl2FN3. The molecule has 6 heteroatoms. The van der Waals surface area contributed by atoms with Crippen molar-refractivity contribution in [1.82, 2.24) is 0 Å². The summed E-state index contributed by atoms with van der Waals surface area (Å²) in [5, 5.41) is 8.47. The molecule has 0 aliphatic rings. The average Bonchev–Trinajstić information content (AvgIpc) is 2.34. The predicted octanol–water partition coefficient (Wildman–Crippen LogP) is 5.24. The second kappa shape index (κ2) is 5.80. The topological polar surface area (TPSA) is 36.8 Å². The summed E-state index contributed by atoms with van der Waals surface area (Å²) in [7, 11) is 0. The average molecular weight is 284 g/mol. The zero-order valence-electron chi connectivity index (χ0n) is 9.07. The van der Waals surface area contributed by atoms with E-state index in [0.717, 1.165) is 0 Å². The number of halogens is 3. The molecule has 0 fully saturated rings. The maximum absolute atomic E-state index is 12.9. The molecule has 0 amide bonds. The second-order valence-corrected chi connectivity index (χ2v) is 4.23. The molecule has 0 unspecified atom stereocenters. The van der Waals surface area contributed by atoms with Crippen LogP contribution >= 0.6 is 23.2 Å². The van der Waals surface area contributed by atoms with Gasteiger partial charge in [-0.1, -0.05) is 34.5 Å². The van der Waals surface area contributed by atoms with E-state index in [-0.39, 0.29) is 5.82 Å². The Kier molecular flexibility index (Phi) is 4.12. The first-order valence-corrected chi connectivity index (χ1v) is 5.78. The van der Waals surface area contributed by atoms with Gasteiger partial charge < -0.3 is 0 Å². The van der Waals surface area contributed by atoms with Crippen molar-refractivity contribution in [3.8, 4) is 0 Å². The van der Waals surface area contributed by atoms with Crippen LogP contribution in [0.25, 0.3) is 0 Å². The van der Waals surface area contributed by atoms with Crippen LogP contribution in [0.15, 0.2) is 52.8 Å². The molecule has 2 rings (SSSR count). The molecule has 0 saturated heterocycles. The smallest absolute Gasteiger partial charge is 0.125 e. The number of rotatable bonds is 3. The van der Waals surface area contributed by atoms with Gasteiger partial charge in [0.15, 0.2) is 0 Å². The summed E-state index contributed by atoms with van der Waals surface area (Å²) in [4.78, 5) is 0. The monoisotopic (exact) mass is 283 g/mol. The van der Waals surface area contributed by atoms with Crippen molar-refractivity contribution >= 4 is 34.6 Å². The normalized spacial score (nSPS) is 10.8. The van der Waals surface area contributed by atoms with Gasteiger partial charge >= 0.3 is 0 Å². The molecule has 1 N–H and O–H groups in total. The molecule has 2 aromatic carbocycles. The van der Waals surface area contributed by atoms with Crippen LogP contribution in [0.5, 0.6) is 0 Å². The molecule has 0 aliphatic carbocycles. The van der Waals surface area contributed by atoms with Gasteiger partial charge in [-0.2, -0.15) is 0 Å². The first-order chi connectivity index (χ1) is 8.65. The Morgan fingerprint density at radius 2 is 1.83 bits per heavy atom. The van der Waals surface area contributed by atoms with E-state index in [1.807, 2.05) is 0 Å². The molecule has 0 saturated carbocycles. The van der Waals surface area contributed by atoms with E-state index in [0.29, 0.717) is 21.4 Å². The van der Waals surface area contributed by atoms with E-state index in [1.54, 1.807) is 30.3 Å². The van der Waals surface area contributed by atoms with Crippen LogP contribution in [-0.2, 0) is 0 Å². The fourth-order valence-corrected chi connectivity index (χ4v) is 1.54. The Balaban J connectivity index is 2.05. The van der Waals surface area contributed by atoms with E-state index in [4.69, 9.17) is 23.2 Å². The highest BCUT2D eigenvalue weighted by Gasteiger charge is 1.98. The van der Waals surface area contributed by atoms with Crippen LogP contribution in [0.1, 0.15) is 0 Å². The first kappa shape index (κ1) is 12.8. The Morgan fingerprint density at radius 3 is 2.56 bits per heavy atom. The Morgan fingerprint density at radius 1 is 1.00 bits per heavy atom. The van der Waals surface area contributed by atoms with Crippen LogP contribution in [-0.4, -0.2) is 0 Å².